The smallest absolute Gasteiger partial charge is 0.0650 e. The van der Waals surface area contributed by atoms with Gasteiger partial charge >= 0.3 is 0 Å². The van der Waals surface area contributed by atoms with Crippen molar-refractivity contribution in [1.82, 2.24) is 0 Å². The van der Waals surface area contributed by atoms with E-state index in [-0.39, 0.29) is 5.60 Å². The van der Waals surface area contributed by atoms with Crippen LogP contribution in [0.15, 0.2) is 0 Å². The minimum Gasteiger partial charge on any atom is -0.390 e. The molecule has 0 aliphatic heterocycles. The molecule has 0 aromatic rings. The number of hydrogen-bond donors (Lipinski definition) is 1. The van der Waals surface area contributed by atoms with Crippen LogP contribution in [0.2, 0.25) is 0 Å². The molecule has 1 heteroatoms. The molecule has 0 amide bonds. The van der Waals surface area contributed by atoms with E-state index in [4.69, 9.17) is 0 Å². The highest BCUT2D eigenvalue weighted by atomic mass is 16.3. The van der Waals surface area contributed by atoms with Gasteiger partial charge in [0.05, 0.1) is 5.60 Å². The lowest BCUT2D eigenvalue weighted by molar-refractivity contribution is -0.0302. The van der Waals surface area contributed by atoms with Gasteiger partial charge in [-0.3, -0.25) is 0 Å². The number of aliphatic hydroxyl groups is 1. The Kier molecular flexibility index (Phi) is 2.11. The summed E-state index contributed by atoms with van der Waals surface area (Å²) in [5.41, 5.74) is 0.191. The highest BCUT2D eigenvalue weighted by Gasteiger charge is 2.66. The van der Waals surface area contributed by atoms with E-state index in [1.807, 2.05) is 0 Å². The van der Waals surface area contributed by atoms with Crippen molar-refractivity contribution in [2.24, 2.45) is 35.0 Å². The molecule has 1 nitrogen and oxygen atoms in total. The predicted molar refractivity (Wildman–Crippen MR) is 66.0 cm³/mol. The molecule has 92 valence electrons. The van der Waals surface area contributed by atoms with E-state index in [1.165, 1.54) is 19.3 Å². The molecular weight excluding hydrogens is 196 g/mol. The normalized spacial score (nSPS) is 58.7. The highest BCUT2D eigenvalue weighted by molar-refractivity contribution is 5.14. The van der Waals surface area contributed by atoms with Crippen molar-refractivity contribution >= 4 is 0 Å². The third-order valence-electron chi connectivity index (χ3n) is 6.37. The van der Waals surface area contributed by atoms with Crippen LogP contribution >= 0.6 is 0 Å². The Labute approximate surface area is 99.6 Å². The van der Waals surface area contributed by atoms with Gasteiger partial charge in [-0.05, 0) is 61.2 Å². The molecule has 1 N–H and O–H groups in total. The van der Waals surface area contributed by atoms with E-state index in [1.54, 1.807) is 0 Å². The van der Waals surface area contributed by atoms with E-state index < -0.39 is 0 Å². The van der Waals surface area contributed by atoms with Crippen LogP contribution in [0.1, 0.15) is 53.4 Å². The van der Waals surface area contributed by atoms with Crippen LogP contribution < -0.4 is 0 Å². The first-order valence-electron chi connectivity index (χ1n) is 7.08. The Balaban J connectivity index is 1.94. The molecule has 3 fully saturated rings. The van der Waals surface area contributed by atoms with Gasteiger partial charge in [-0.2, -0.15) is 0 Å². The van der Waals surface area contributed by atoms with Crippen LogP contribution in [0.4, 0.5) is 0 Å². The van der Waals surface area contributed by atoms with E-state index >= 15 is 0 Å². The second-order valence-corrected chi connectivity index (χ2v) is 7.59. The van der Waals surface area contributed by atoms with E-state index in [0.717, 1.165) is 30.1 Å². The Morgan fingerprint density at radius 3 is 2.38 bits per heavy atom. The van der Waals surface area contributed by atoms with Crippen molar-refractivity contribution in [2.45, 2.75) is 59.0 Å². The summed E-state index contributed by atoms with van der Waals surface area (Å²) in [6.07, 6.45) is 4.89. The molecule has 0 radical (unpaired) electrons. The Hall–Kier alpha value is -0.0400. The lowest BCUT2D eigenvalue weighted by Crippen LogP contribution is -2.38. The van der Waals surface area contributed by atoms with Crippen LogP contribution in [0.25, 0.3) is 0 Å². The molecule has 6 atom stereocenters. The molecule has 3 rings (SSSR count). The zero-order chi connectivity index (χ0) is 11.7. The number of fused-ring (bicyclic) bond motifs is 3. The van der Waals surface area contributed by atoms with Crippen LogP contribution in [0.5, 0.6) is 0 Å². The average molecular weight is 222 g/mol. The van der Waals surface area contributed by atoms with Gasteiger partial charge in [0.25, 0.3) is 0 Å². The van der Waals surface area contributed by atoms with Crippen LogP contribution in [-0.2, 0) is 0 Å². The fourth-order valence-electron chi connectivity index (χ4n) is 5.29. The van der Waals surface area contributed by atoms with Gasteiger partial charge in [-0.1, -0.05) is 27.2 Å². The zero-order valence-corrected chi connectivity index (χ0v) is 11.2. The molecule has 3 aliphatic carbocycles. The van der Waals surface area contributed by atoms with Crippen molar-refractivity contribution in [3.63, 3.8) is 0 Å². The van der Waals surface area contributed by atoms with Crippen molar-refractivity contribution in [2.75, 3.05) is 0 Å². The quantitative estimate of drug-likeness (QED) is 0.665. The van der Waals surface area contributed by atoms with E-state index in [0.29, 0.717) is 11.3 Å². The lowest BCUT2D eigenvalue weighted by Gasteiger charge is -2.35. The highest BCUT2D eigenvalue weighted by Crippen LogP contribution is 2.71. The molecule has 0 spiro atoms. The van der Waals surface area contributed by atoms with Crippen molar-refractivity contribution in [3.05, 3.63) is 0 Å². The SMILES string of the molecule is C[C@@H]1CC[C@@H]2[C@@H]1[C@H]1[C@@H](CC[C@]2(C)O)C1(C)C. The van der Waals surface area contributed by atoms with Gasteiger partial charge in [0, 0.05) is 0 Å². The summed E-state index contributed by atoms with van der Waals surface area (Å²) < 4.78 is 0. The number of rotatable bonds is 0. The summed E-state index contributed by atoms with van der Waals surface area (Å²) >= 11 is 0. The summed E-state index contributed by atoms with van der Waals surface area (Å²) in [7, 11) is 0. The van der Waals surface area contributed by atoms with Gasteiger partial charge in [-0.25, -0.2) is 0 Å². The molecule has 16 heavy (non-hydrogen) atoms. The summed E-state index contributed by atoms with van der Waals surface area (Å²) in [6, 6.07) is 0. The van der Waals surface area contributed by atoms with Crippen LogP contribution in [0.3, 0.4) is 0 Å². The Morgan fingerprint density at radius 2 is 1.69 bits per heavy atom. The second kappa shape index (κ2) is 3.04. The topological polar surface area (TPSA) is 20.2 Å². The summed E-state index contributed by atoms with van der Waals surface area (Å²) in [5, 5.41) is 10.7. The van der Waals surface area contributed by atoms with Crippen molar-refractivity contribution < 1.29 is 5.11 Å². The van der Waals surface area contributed by atoms with Crippen molar-refractivity contribution in [1.29, 1.82) is 0 Å². The maximum absolute atomic E-state index is 10.7. The van der Waals surface area contributed by atoms with Gasteiger partial charge in [-0.15, -0.1) is 0 Å². The lowest BCUT2D eigenvalue weighted by atomic mass is 9.74. The first-order chi connectivity index (χ1) is 7.36. The van der Waals surface area contributed by atoms with Gasteiger partial charge < -0.3 is 5.11 Å². The average Bonchev–Trinajstić information content (AvgIpc) is 2.51. The molecule has 0 saturated heterocycles. The van der Waals surface area contributed by atoms with E-state index in [2.05, 4.69) is 27.7 Å². The maximum atomic E-state index is 10.7. The standard InChI is InChI=1S/C15H26O/c1-9-5-6-10-12(9)13-11(14(13,2)3)7-8-15(10,4)16/h9-13,16H,5-8H2,1-4H3/t9-,10-,11-,12-,13-,15+/m1/s1. The molecule has 0 aromatic carbocycles. The molecule has 0 aromatic heterocycles. The first kappa shape index (κ1) is 11.1. The predicted octanol–water partition coefficient (Wildman–Crippen LogP) is 3.47. The molecule has 3 saturated carbocycles. The Bertz CT molecular complexity index is 305. The van der Waals surface area contributed by atoms with Gasteiger partial charge in [0.2, 0.25) is 0 Å². The molecule has 0 heterocycles. The molecular formula is C15H26O. The fraction of sp³-hybridized carbons (Fsp3) is 1.00. The monoisotopic (exact) mass is 222 g/mol. The second-order valence-electron chi connectivity index (χ2n) is 7.59. The molecule has 3 aliphatic rings. The number of hydrogen-bond acceptors (Lipinski definition) is 1. The Morgan fingerprint density at radius 1 is 1.00 bits per heavy atom. The molecule has 0 bridgehead atoms. The van der Waals surface area contributed by atoms with Crippen LogP contribution in [-0.4, -0.2) is 10.7 Å². The van der Waals surface area contributed by atoms with Crippen molar-refractivity contribution in [3.8, 4) is 0 Å². The van der Waals surface area contributed by atoms with Crippen LogP contribution in [0, 0.1) is 35.0 Å². The van der Waals surface area contributed by atoms with Gasteiger partial charge in [0.15, 0.2) is 0 Å². The van der Waals surface area contributed by atoms with E-state index in [9.17, 15) is 5.11 Å². The fourth-order valence-corrected chi connectivity index (χ4v) is 5.29. The summed E-state index contributed by atoms with van der Waals surface area (Å²) in [6.45, 7) is 9.41. The zero-order valence-electron chi connectivity index (χ0n) is 11.2. The largest absolute Gasteiger partial charge is 0.390 e. The minimum atomic E-state index is -0.376. The molecule has 0 unspecified atom stereocenters. The maximum Gasteiger partial charge on any atom is 0.0650 e. The third-order valence-corrected chi connectivity index (χ3v) is 6.37. The summed E-state index contributed by atoms with van der Waals surface area (Å²) in [4.78, 5) is 0. The third kappa shape index (κ3) is 1.27. The minimum absolute atomic E-state index is 0.376. The first-order valence-corrected chi connectivity index (χ1v) is 7.08. The summed E-state index contributed by atoms with van der Waals surface area (Å²) in [5.74, 6) is 4.03. The van der Waals surface area contributed by atoms with Gasteiger partial charge in [0.1, 0.15) is 0 Å².